The molecule has 0 spiro atoms. The molecule has 1 aromatic heterocycles. The zero-order valence-electron chi connectivity index (χ0n) is 6.46. The predicted octanol–water partition coefficient (Wildman–Crippen LogP) is 0.390. The zero-order chi connectivity index (χ0) is 9.14. The Morgan fingerprint density at radius 2 is 2.17 bits per heavy atom. The first-order valence-electron chi connectivity index (χ1n) is 3.34. The van der Waals surface area contributed by atoms with Crippen molar-refractivity contribution >= 4 is 12.1 Å². The molecule has 0 aliphatic rings. The molecule has 0 aliphatic carbocycles. The van der Waals surface area contributed by atoms with Crippen LogP contribution in [0.15, 0.2) is 16.9 Å². The van der Waals surface area contributed by atoms with E-state index in [0.29, 0.717) is 6.29 Å². The van der Waals surface area contributed by atoms with E-state index in [2.05, 4.69) is 4.98 Å². The third kappa shape index (κ3) is 1.47. The lowest BCUT2D eigenvalue weighted by molar-refractivity contribution is 0.101. The van der Waals surface area contributed by atoms with Crippen LogP contribution in [0.25, 0.3) is 0 Å². The van der Waals surface area contributed by atoms with Gasteiger partial charge in [-0.05, 0) is 19.1 Å². The molecule has 0 radical (unpaired) electrons. The van der Waals surface area contributed by atoms with Gasteiger partial charge in [0.25, 0.3) is 5.56 Å². The van der Waals surface area contributed by atoms with Crippen molar-refractivity contribution in [1.29, 1.82) is 0 Å². The summed E-state index contributed by atoms with van der Waals surface area (Å²) in [5.41, 5.74) is -0.280. The van der Waals surface area contributed by atoms with Gasteiger partial charge in [-0.2, -0.15) is 0 Å². The van der Waals surface area contributed by atoms with Gasteiger partial charge in [-0.15, -0.1) is 0 Å². The van der Waals surface area contributed by atoms with Crippen molar-refractivity contribution in [2.45, 2.75) is 6.92 Å². The third-order valence-electron chi connectivity index (χ3n) is 1.44. The number of carbonyl (C=O) groups excluding carboxylic acids is 2. The zero-order valence-corrected chi connectivity index (χ0v) is 6.46. The molecule has 4 nitrogen and oxygen atoms in total. The summed E-state index contributed by atoms with van der Waals surface area (Å²) in [7, 11) is 0. The van der Waals surface area contributed by atoms with E-state index in [0.717, 1.165) is 0 Å². The van der Waals surface area contributed by atoms with Gasteiger partial charge in [0.2, 0.25) is 0 Å². The average molecular weight is 165 g/mol. The fourth-order valence-corrected chi connectivity index (χ4v) is 0.835. The number of pyridine rings is 1. The molecular weight excluding hydrogens is 158 g/mol. The summed E-state index contributed by atoms with van der Waals surface area (Å²) in [6.45, 7) is 1.30. The quantitative estimate of drug-likeness (QED) is 0.509. The number of aldehydes is 1. The first-order chi connectivity index (χ1) is 5.65. The molecule has 1 heterocycles. The van der Waals surface area contributed by atoms with Crippen molar-refractivity contribution in [2.75, 3.05) is 0 Å². The van der Waals surface area contributed by atoms with Gasteiger partial charge in [0.05, 0.1) is 11.3 Å². The van der Waals surface area contributed by atoms with E-state index in [-0.39, 0.29) is 17.0 Å². The molecule has 0 atom stereocenters. The summed E-state index contributed by atoms with van der Waals surface area (Å²) in [5.74, 6) is -0.311. The van der Waals surface area contributed by atoms with E-state index in [1.807, 2.05) is 0 Å². The van der Waals surface area contributed by atoms with E-state index < -0.39 is 5.56 Å². The van der Waals surface area contributed by atoms with Crippen molar-refractivity contribution < 1.29 is 9.59 Å². The number of aromatic nitrogens is 1. The summed E-state index contributed by atoms with van der Waals surface area (Å²) in [5, 5.41) is 0. The highest BCUT2D eigenvalue weighted by molar-refractivity contribution is 5.93. The molecule has 4 heteroatoms. The first kappa shape index (κ1) is 8.39. The molecule has 1 rings (SSSR count). The highest BCUT2D eigenvalue weighted by Gasteiger charge is 2.04. The van der Waals surface area contributed by atoms with Gasteiger partial charge in [-0.1, -0.05) is 0 Å². The predicted molar refractivity (Wildman–Crippen MR) is 42.5 cm³/mol. The lowest BCUT2D eigenvalue weighted by Gasteiger charge is -1.93. The molecule has 0 fully saturated rings. The largest absolute Gasteiger partial charge is 0.319 e. The summed E-state index contributed by atoms with van der Waals surface area (Å²) in [6, 6.07) is 2.73. The van der Waals surface area contributed by atoms with Gasteiger partial charge in [0, 0.05) is 0 Å². The monoisotopic (exact) mass is 165 g/mol. The van der Waals surface area contributed by atoms with Gasteiger partial charge in [0.15, 0.2) is 12.1 Å². The Hall–Kier alpha value is -1.71. The summed E-state index contributed by atoms with van der Waals surface area (Å²) >= 11 is 0. The number of nitrogens with one attached hydrogen (secondary N) is 1. The number of rotatable bonds is 2. The number of aromatic amines is 1. The van der Waals surface area contributed by atoms with Crippen LogP contribution < -0.4 is 5.56 Å². The van der Waals surface area contributed by atoms with Crippen LogP contribution in [0, 0.1) is 0 Å². The third-order valence-corrected chi connectivity index (χ3v) is 1.44. The minimum absolute atomic E-state index is 0.0700. The Morgan fingerprint density at radius 3 is 2.58 bits per heavy atom. The van der Waals surface area contributed by atoms with Gasteiger partial charge >= 0.3 is 0 Å². The Morgan fingerprint density at radius 1 is 1.50 bits per heavy atom. The lowest BCUT2D eigenvalue weighted by atomic mass is 10.2. The Balaban J connectivity index is 3.30. The number of hydrogen-bond acceptors (Lipinski definition) is 3. The second-order valence-electron chi connectivity index (χ2n) is 2.33. The van der Waals surface area contributed by atoms with Crippen LogP contribution in [0.2, 0.25) is 0 Å². The normalized spacial score (nSPS) is 9.42. The fourth-order valence-electron chi connectivity index (χ4n) is 0.835. The Kier molecular flexibility index (Phi) is 2.19. The van der Waals surface area contributed by atoms with E-state index in [9.17, 15) is 14.4 Å². The molecule has 0 aromatic carbocycles. The van der Waals surface area contributed by atoms with Crippen LogP contribution in [0.1, 0.15) is 27.8 Å². The molecule has 0 bridgehead atoms. The van der Waals surface area contributed by atoms with E-state index in [1.165, 1.54) is 19.1 Å². The van der Waals surface area contributed by atoms with E-state index in [4.69, 9.17) is 0 Å². The second-order valence-corrected chi connectivity index (χ2v) is 2.33. The Labute approximate surface area is 68.2 Å². The standard InChI is InChI=1S/C8H7NO3/c1-5(11)7-3-2-6(4-10)9-8(7)12/h2-4H,1H3,(H,9,12). The van der Waals surface area contributed by atoms with Crippen LogP contribution in [0.3, 0.4) is 0 Å². The maximum absolute atomic E-state index is 11.0. The van der Waals surface area contributed by atoms with Crippen molar-refractivity contribution in [3.8, 4) is 0 Å². The van der Waals surface area contributed by atoms with Crippen LogP contribution in [0.5, 0.6) is 0 Å². The number of H-pyrrole nitrogens is 1. The van der Waals surface area contributed by atoms with Crippen LogP contribution in [0.4, 0.5) is 0 Å². The molecule has 0 saturated heterocycles. The van der Waals surface area contributed by atoms with Gasteiger partial charge < -0.3 is 4.98 Å². The Bertz CT molecular complexity index is 378. The van der Waals surface area contributed by atoms with E-state index in [1.54, 1.807) is 0 Å². The van der Waals surface area contributed by atoms with Gasteiger partial charge in [-0.3, -0.25) is 14.4 Å². The van der Waals surface area contributed by atoms with Crippen molar-refractivity contribution in [1.82, 2.24) is 4.98 Å². The molecule has 0 saturated carbocycles. The minimum atomic E-state index is -0.521. The number of carbonyl (C=O) groups is 2. The highest BCUT2D eigenvalue weighted by Crippen LogP contribution is 1.93. The first-order valence-corrected chi connectivity index (χ1v) is 3.34. The summed E-state index contributed by atoms with van der Waals surface area (Å²) in [6.07, 6.45) is 0.519. The molecule has 1 aromatic rings. The van der Waals surface area contributed by atoms with Gasteiger partial charge in [-0.25, -0.2) is 0 Å². The van der Waals surface area contributed by atoms with Gasteiger partial charge in [0.1, 0.15) is 0 Å². The molecular formula is C8H7NO3. The molecule has 0 unspecified atom stereocenters. The maximum atomic E-state index is 11.0. The fraction of sp³-hybridized carbons (Fsp3) is 0.125. The average Bonchev–Trinajstić information content (AvgIpc) is 2.03. The maximum Gasteiger partial charge on any atom is 0.259 e. The number of Topliss-reactive ketones (excluding diaryl/α,β-unsaturated/α-hetero) is 1. The highest BCUT2D eigenvalue weighted by atomic mass is 16.1. The van der Waals surface area contributed by atoms with Crippen molar-refractivity contribution in [3.05, 3.63) is 33.7 Å². The summed E-state index contributed by atoms with van der Waals surface area (Å²) < 4.78 is 0. The molecule has 12 heavy (non-hydrogen) atoms. The molecule has 0 aliphatic heterocycles. The number of ketones is 1. The van der Waals surface area contributed by atoms with Crippen LogP contribution in [-0.2, 0) is 0 Å². The SMILES string of the molecule is CC(=O)c1ccc(C=O)[nH]c1=O. The van der Waals surface area contributed by atoms with E-state index >= 15 is 0 Å². The molecule has 62 valence electrons. The van der Waals surface area contributed by atoms with Crippen molar-refractivity contribution in [3.63, 3.8) is 0 Å². The second kappa shape index (κ2) is 3.13. The van der Waals surface area contributed by atoms with Crippen molar-refractivity contribution in [2.24, 2.45) is 0 Å². The summed E-state index contributed by atoms with van der Waals surface area (Å²) in [4.78, 5) is 34.2. The molecule has 1 N–H and O–H groups in total. The topological polar surface area (TPSA) is 67.0 Å². The molecule has 0 amide bonds. The number of hydrogen-bond donors (Lipinski definition) is 1. The minimum Gasteiger partial charge on any atom is -0.319 e. The smallest absolute Gasteiger partial charge is 0.259 e. The van der Waals surface area contributed by atoms with Crippen LogP contribution in [-0.4, -0.2) is 17.1 Å². The van der Waals surface area contributed by atoms with Crippen LogP contribution >= 0.6 is 0 Å². The lowest BCUT2D eigenvalue weighted by Crippen LogP contribution is -2.16.